The highest BCUT2D eigenvalue weighted by atomic mass is 16.3. The van der Waals surface area contributed by atoms with E-state index in [1.807, 2.05) is 49.4 Å². The quantitative estimate of drug-likeness (QED) is 0.513. The molecule has 0 aliphatic carbocycles. The Balaban J connectivity index is 2.20. The average molecular weight is 274 g/mol. The molecule has 21 heavy (non-hydrogen) atoms. The standard InChI is InChI=1S/C19H14O2/c1-12-10-11-14(13-6-2-4-8-16(13)20)18-15-7-3-5-9-17(15)21-19(12)18/h2-11,20H,1H3. The predicted molar refractivity (Wildman–Crippen MR) is 85.6 cm³/mol. The molecule has 1 heterocycles. The average Bonchev–Trinajstić information content (AvgIpc) is 2.89. The van der Waals surface area contributed by atoms with Crippen LogP contribution in [0.2, 0.25) is 0 Å². The lowest BCUT2D eigenvalue weighted by Gasteiger charge is -2.07. The van der Waals surface area contributed by atoms with E-state index in [0.29, 0.717) is 0 Å². The molecular formula is C19H14O2. The lowest BCUT2D eigenvalue weighted by atomic mass is 9.97. The molecule has 0 aliphatic rings. The van der Waals surface area contributed by atoms with Gasteiger partial charge in [-0.25, -0.2) is 0 Å². The van der Waals surface area contributed by atoms with Crippen molar-refractivity contribution in [2.24, 2.45) is 0 Å². The van der Waals surface area contributed by atoms with Gasteiger partial charge in [0.15, 0.2) is 0 Å². The largest absolute Gasteiger partial charge is 0.507 e. The molecule has 0 atom stereocenters. The van der Waals surface area contributed by atoms with Gasteiger partial charge >= 0.3 is 0 Å². The van der Waals surface area contributed by atoms with Crippen LogP contribution in [-0.2, 0) is 0 Å². The van der Waals surface area contributed by atoms with Crippen molar-refractivity contribution in [1.29, 1.82) is 0 Å². The van der Waals surface area contributed by atoms with Crippen molar-refractivity contribution in [1.82, 2.24) is 0 Å². The molecule has 2 nitrogen and oxygen atoms in total. The van der Waals surface area contributed by atoms with Gasteiger partial charge < -0.3 is 9.52 Å². The smallest absolute Gasteiger partial charge is 0.138 e. The fourth-order valence-corrected chi connectivity index (χ4v) is 2.88. The van der Waals surface area contributed by atoms with Crippen LogP contribution in [0.25, 0.3) is 33.1 Å². The van der Waals surface area contributed by atoms with Gasteiger partial charge in [-0.05, 0) is 30.2 Å². The second-order valence-corrected chi connectivity index (χ2v) is 5.25. The number of aromatic hydroxyl groups is 1. The van der Waals surface area contributed by atoms with E-state index < -0.39 is 0 Å². The number of phenols is 1. The summed E-state index contributed by atoms with van der Waals surface area (Å²) < 4.78 is 6.00. The second-order valence-electron chi connectivity index (χ2n) is 5.25. The highest BCUT2D eigenvalue weighted by molar-refractivity contribution is 6.13. The van der Waals surface area contributed by atoms with Crippen molar-refractivity contribution < 1.29 is 9.52 Å². The summed E-state index contributed by atoms with van der Waals surface area (Å²) in [7, 11) is 0. The molecule has 0 radical (unpaired) electrons. The number of furan rings is 1. The molecule has 2 heteroatoms. The van der Waals surface area contributed by atoms with Gasteiger partial charge in [-0.15, -0.1) is 0 Å². The van der Waals surface area contributed by atoms with Gasteiger partial charge in [0.1, 0.15) is 16.9 Å². The maximum Gasteiger partial charge on any atom is 0.138 e. The number of aryl methyl sites for hydroxylation is 1. The van der Waals surface area contributed by atoms with Crippen LogP contribution >= 0.6 is 0 Å². The summed E-state index contributed by atoms with van der Waals surface area (Å²) in [6.07, 6.45) is 0. The summed E-state index contributed by atoms with van der Waals surface area (Å²) in [6, 6.07) is 19.5. The zero-order chi connectivity index (χ0) is 14.4. The highest BCUT2D eigenvalue weighted by Crippen LogP contribution is 2.40. The number of para-hydroxylation sites is 2. The van der Waals surface area contributed by atoms with E-state index in [1.165, 1.54) is 0 Å². The van der Waals surface area contributed by atoms with Gasteiger partial charge in [0.05, 0.1) is 0 Å². The first kappa shape index (κ1) is 12.0. The van der Waals surface area contributed by atoms with Crippen molar-refractivity contribution in [3.05, 3.63) is 66.2 Å². The zero-order valence-corrected chi connectivity index (χ0v) is 11.6. The third-order valence-electron chi connectivity index (χ3n) is 3.92. The number of hydrogen-bond acceptors (Lipinski definition) is 2. The fraction of sp³-hybridized carbons (Fsp3) is 0.0526. The highest BCUT2D eigenvalue weighted by Gasteiger charge is 2.15. The Kier molecular flexibility index (Phi) is 2.51. The zero-order valence-electron chi connectivity index (χ0n) is 11.6. The Morgan fingerprint density at radius 1 is 0.810 bits per heavy atom. The summed E-state index contributed by atoms with van der Waals surface area (Å²) in [6.45, 7) is 2.04. The van der Waals surface area contributed by atoms with E-state index in [-0.39, 0.29) is 5.75 Å². The molecule has 0 unspecified atom stereocenters. The van der Waals surface area contributed by atoms with Gasteiger partial charge in [0, 0.05) is 16.3 Å². The Hall–Kier alpha value is -2.74. The van der Waals surface area contributed by atoms with E-state index >= 15 is 0 Å². The van der Waals surface area contributed by atoms with Crippen molar-refractivity contribution in [3.8, 4) is 16.9 Å². The van der Waals surface area contributed by atoms with Crippen LogP contribution in [-0.4, -0.2) is 5.11 Å². The minimum atomic E-state index is 0.285. The van der Waals surface area contributed by atoms with Crippen molar-refractivity contribution in [2.45, 2.75) is 6.92 Å². The Bertz CT molecular complexity index is 964. The molecule has 3 aromatic carbocycles. The monoisotopic (exact) mass is 274 g/mol. The van der Waals surface area contributed by atoms with Gasteiger partial charge in [-0.1, -0.05) is 48.5 Å². The summed E-state index contributed by atoms with van der Waals surface area (Å²) in [5.41, 5.74) is 4.68. The molecule has 0 aliphatic heterocycles. The van der Waals surface area contributed by atoms with E-state index in [9.17, 15) is 5.11 Å². The maximum atomic E-state index is 10.2. The molecule has 0 bridgehead atoms. The number of hydrogen-bond donors (Lipinski definition) is 1. The minimum Gasteiger partial charge on any atom is -0.507 e. The Labute approximate surface area is 122 Å². The summed E-state index contributed by atoms with van der Waals surface area (Å²) in [4.78, 5) is 0. The van der Waals surface area contributed by atoms with Gasteiger partial charge in [0.25, 0.3) is 0 Å². The van der Waals surface area contributed by atoms with Crippen LogP contribution in [0.1, 0.15) is 5.56 Å². The predicted octanol–water partition coefficient (Wildman–Crippen LogP) is 5.27. The molecular weight excluding hydrogens is 260 g/mol. The van der Waals surface area contributed by atoms with Crippen molar-refractivity contribution >= 4 is 21.9 Å². The molecule has 4 rings (SSSR count). The topological polar surface area (TPSA) is 33.4 Å². The minimum absolute atomic E-state index is 0.285. The van der Waals surface area contributed by atoms with Crippen molar-refractivity contribution in [2.75, 3.05) is 0 Å². The van der Waals surface area contributed by atoms with Gasteiger partial charge in [0.2, 0.25) is 0 Å². The molecule has 0 saturated carbocycles. The molecule has 4 aromatic rings. The normalized spacial score (nSPS) is 11.3. The Morgan fingerprint density at radius 3 is 2.43 bits per heavy atom. The van der Waals surface area contributed by atoms with Gasteiger partial charge in [-0.2, -0.15) is 0 Å². The van der Waals surface area contributed by atoms with Crippen LogP contribution in [0.15, 0.2) is 65.1 Å². The van der Waals surface area contributed by atoms with Crippen LogP contribution < -0.4 is 0 Å². The third kappa shape index (κ3) is 1.73. The number of phenolic OH excluding ortho intramolecular Hbond substituents is 1. The Morgan fingerprint density at radius 2 is 1.57 bits per heavy atom. The number of rotatable bonds is 1. The molecule has 1 N–H and O–H groups in total. The van der Waals surface area contributed by atoms with E-state index in [4.69, 9.17) is 4.42 Å². The molecule has 0 fully saturated rings. The number of benzene rings is 3. The lowest BCUT2D eigenvalue weighted by Crippen LogP contribution is -1.82. The van der Waals surface area contributed by atoms with E-state index in [1.54, 1.807) is 6.07 Å². The van der Waals surface area contributed by atoms with Crippen LogP contribution in [0, 0.1) is 6.92 Å². The lowest BCUT2D eigenvalue weighted by molar-refractivity contribution is 0.477. The second kappa shape index (κ2) is 4.38. The first-order chi connectivity index (χ1) is 10.3. The fourth-order valence-electron chi connectivity index (χ4n) is 2.88. The van der Waals surface area contributed by atoms with Crippen LogP contribution in [0.3, 0.4) is 0 Å². The molecule has 102 valence electrons. The SMILES string of the molecule is Cc1ccc(-c2ccccc2O)c2c1oc1ccccc12. The van der Waals surface area contributed by atoms with Crippen LogP contribution in [0.4, 0.5) is 0 Å². The van der Waals surface area contributed by atoms with Crippen LogP contribution in [0.5, 0.6) is 5.75 Å². The number of fused-ring (bicyclic) bond motifs is 3. The molecule has 0 amide bonds. The van der Waals surface area contributed by atoms with Gasteiger partial charge in [-0.3, -0.25) is 0 Å². The molecule has 0 saturated heterocycles. The maximum absolute atomic E-state index is 10.2. The first-order valence-electron chi connectivity index (χ1n) is 6.95. The molecule has 0 spiro atoms. The summed E-state index contributed by atoms with van der Waals surface area (Å²) in [5.74, 6) is 0.285. The van der Waals surface area contributed by atoms with Crippen molar-refractivity contribution in [3.63, 3.8) is 0 Å². The third-order valence-corrected chi connectivity index (χ3v) is 3.92. The molecule has 1 aromatic heterocycles. The first-order valence-corrected chi connectivity index (χ1v) is 6.95. The van der Waals surface area contributed by atoms with E-state index in [0.717, 1.165) is 38.6 Å². The summed E-state index contributed by atoms with van der Waals surface area (Å²) >= 11 is 0. The summed E-state index contributed by atoms with van der Waals surface area (Å²) in [5, 5.41) is 12.3. The van der Waals surface area contributed by atoms with E-state index in [2.05, 4.69) is 12.1 Å².